The minimum absolute atomic E-state index is 0.340. The minimum Gasteiger partial charge on any atom is -0.319 e. The zero-order chi connectivity index (χ0) is 15.8. The van der Waals surface area contributed by atoms with Gasteiger partial charge in [0.2, 0.25) is 0 Å². The van der Waals surface area contributed by atoms with E-state index in [1.807, 2.05) is 0 Å². The van der Waals surface area contributed by atoms with E-state index in [9.17, 15) is 4.79 Å². The summed E-state index contributed by atoms with van der Waals surface area (Å²) in [5, 5.41) is 0. The fraction of sp³-hybridized carbons (Fsp3) is 0.667. The molecular weight excluding hydrogens is 296 g/mol. The van der Waals surface area contributed by atoms with Crippen LogP contribution in [0.15, 0.2) is 24.3 Å². The second kappa shape index (κ2) is 4.77. The first-order chi connectivity index (χ1) is 11.8. The normalized spacial score (nSPS) is 42.4. The Balaban J connectivity index is 1.29. The van der Waals surface area contributed by atoms with E-state index in [4.69, 9.17) is 0 Å². The van der Waals surface area contributed by atoms with Crippen molar-refractivity contribution in [1.82, 2.24) is 9.80 Å². The molecule has 0 radical (unpaired) electrons. The summed E-state index contributed by atoms with van der Waals surface area (Å²) in [6.07, 6.45) is 8.11. The average Bonchev–Trinajstić information content (AvgIpc) is 2.88. The lowest BCUT2D eigenvalue weighted by Gasteiger charge is -2.56. The molecule has 0 aromatic heterocycles. The number of carbonyl (C=O) groups excluding carboxylic acids is 1. The summed E-state index contributed by atoms with van der Waals surface area (Å²) < 4.78 is 0. The minimum atomic E-state index is 0.340. The maximum atomic E-state index is 13.2. The van der Waals surface area contributed by atoms with Gasteiger partial charge in [-0.2, -0.15) is 0 Å². The predicted molar refractivity (Wildman–Crippen MR) is 92.4 cm³/mol. The Hall–Kier alpha value is -1.51. The third-order valence-corrected chi connectivity index (χ3v) is 7.79. The molecule has 3 nitrogen and oxygen atoms in total. The lowest BCUT2D eigenvalue weighted by Crippen LogP contribution is -2.56. The quantitative estimate of drug-likeness (QED) is 0.774. The van der Waals surface area contributed by atoms with Crippen LogP contribution in [-0.2, 0) is 13.0 Å². The SMILES string of the molecule is O=C1N(C2C3CC4CC(C3)CC2C4)C[C@H]2Cc3ccccc3CN12. The molecule has 4 aliphatic carbocycles. The highest BCUT2D eigenvalue weighted by Gasteiger charge is 2.54. The van der Waals surface area contributed by atoms with E-state index in [1.165, 1.54) is 43.2 Å². The molecule has 1 aromatic rings. The zero-order valence-corrected chi connectivity index (χ0v) is 14.2. The van der Waals surface area contributed by atoms with Gasteiger partial charge >= 0.3 is 6.03 Å². The van der Waals surface area contributed by atoms with Crippen LogP contribution < -0.4 is 0 Å². The highest BCUT2D eigenvalue weighted by molar-refractivity contribution is 5.78. The van der Waals surface area contributed by atoms with Gasteiger partial charge in [0.15, 0.2) is 0 Å². The zero-order valence-electron chi connectivity index (χ0n) is 14.2. The third kappa shape index (κ3) is 1.81. The number of benzene rings is 1. The molecule has 4 bridgehead atoms. The summed E-state index contributed by atoms with van der Waals surface area (Å²) in [4.78, 5) is 17.7. The summed E-state index contributed by atoms with van der Waals surface area (Å²) in [5.41, 5.74) is 2.81. The van der Waals surface area contributed by atoms with Gasteiger partial charge in [0, 0.05) is 19.1 Å². The molecule has 2 heterocycles. The van der Waals surface area contributed by atoms with Gasteiger partial charge < -0.3 is 9.80 Å². The van der Waals surface area contributed by atoms with Crippen molar-refractivity contribution in [2.45, 2.75) is 57.2 Å². The molecule has 3 heteroatoms. The lowest BCUT2D eigenvalue weighted by molar-refractivity contribution is -0.0474. The van der Waals surface area contributed by atoms with Crippen LogP contribution in [0.5, 0.6) is 0 Å². The molecule has 1 saturated heterocycles. The van der Waals surface area contributed by atoms with Crippen LogP contribution in [-0.4, -0.2) is 34.5 Å². The highest BCUT2D eigenvalue weighted by Crippen LogP contribution is 2.55. The molecule has 1 atom stereocenters. The van der Waals surface area contributed by atoms with E-state index < -0.39 is 0 Å². The molecule has 7 rings (SSSR count). The van der Waals surface area contributed by atoms with Crippen molar-refractivity contribution in [2.75, 3.05) is 6.54 Å². The standard InChI is InChI=1S/C21H26N2O/c24-21-22-11-16-4-2-1-3-15(16)10-19(22)12-23(21)20-17-6-13-5-14(8-17)9-18(20)7-13/h1-4,13-14,17-20H,5-12H2/t13?,14?,17?,18?,19-,20?/m1/s1. The molecule has 0 spiro atoms. The fourth-order valence-corrected chi connectivity index (χ4v) is 7.10. The molecule has 5 fully saturated rings. The molecule has 24 heavy (non-hydrogen) atoms. The van der Waals surface area contributed by atoms with Crippen LogP contribution in [0.4, 0.5) is 4.79 Å². The third-order valence-electron chi connectivity index (χ3n) is 7.79. The monoisotopic (exact) mass is 322 g/mol. The Bertz CT molecular complexity index is 671. The second-order valence-corrected chi connectivity index (χ2v) is 9.11. The number of carbonyl (C=O) groups is 1. The number of rotatable bonds is 1. The van der Waals surface area contributed by atoms with E-state index in [2.05, 4.69) is 34.1 Å². The van der Waals surface area contributed by atoms with E-state index in [0.29, 0.717) is 18.1 Å². The second-order valence-electron chi connectivity index (χ2n) is 9.11. The summed E-state index contributed by atoms with van der Waals surface area (Å²) in [5.74, 6) is 3.56. The Kier molecular flexibility index (Phi) is 2.73. The highest BCUT2D eigenvalue weighted by atomic mass is 16.2. The molecule has 6 aliphatic rings. The molecular formula is C21H26N2O. The van der Waals surface area contributed by atoms with Crippen LogP contribution in [0.3, 0.4) is 0 Å². The largest absolute Gasteiger partial charge is 0.320 e. The topological polar surface area (TPSA) is 23.6 Å². The van der Waals surface area contributed by atoms with Crippen molar-refractivity contribution >= 4 is 6.03 Å². The van der Waals surface area contributed by atoms with Gasteiger partial charge in [-0.3, -0.25) is 0 Å². The molecule has 126 valence electrons. The van der Waals surface area contributed by atoms with Crippen LogP contribution in [0.2, 0.25) is 0 Å². The van der Waals surface area contributed by atoms with E-state index in [1.54, 1.807) is 0 Å². The van der Waals surface area contributed by atoms with Crippen molar-refractivity contribution in [3.8, 4) is 0 Å². The Morgan fingerprint density at radius 3 is 2.21 bits per heavy atom. The van der Waals surface area contributed by atoms with Gasteiger partial charge in [-0.25, -0.2) is 4.79 Å². The van der Waals surface area contributed by atoms with Crippen LogP contribution >= 0.6 is 0 Å². The average molecular weight is 322 g/mol. The van der Waals surface area contributed by atoms with Gasteiger partial charge in [-0.05, 0) is 73.3 Å². The van der Waals surface area contributed by atoms with Crippen LogP contribution in [0.25, 0.3) is 0 Å². The maximum Gasteiger partial charge on any atom is 0.320 e. The summed E-state index contributed by atoms with van der Waals surface area (Å²) in [6.45, 7) is 1.80. The maximum absolute atomic E-state index is 13.2. The van der Waals surface area contributed by atoms with Crippen LogP contribution in [0, 0.1) is 23.7 Å². The molecule has 2 amide bonds. The van der Waals surface area contributed by atoms with Crippen molar-refractivity contribution < 1.29 is 4.79 Å². The molecule has 1 aromatic carbocycles. The molecule has 4 saturated carbocycles. The smallest absolute Gasteiger partial charge is 0.319 e. The van der Waals surface area contributed by atoms with Gasteiger partial charge in [-0.15, -0.1) is 0 Å². The fourth-order valence-electron chi connectivity index (χ4n) is 7.10. The summed E-state index contributed by atoms with van der Waals surface area (Å²) >= 11 is 0. The first-order valence-electron chi connectivity index (χ1n) is 9.90. The van der Waals surface area contributed by atoms with Gasteiger partial charge in [0.05, 0.1) is 6.04 Å². The number of nitrogens with zero attached hydrogens (tertiary/aromatic N) is 2. The first kappa shape index (κ1) is 13.7. The van der Waals surface area contributed by atoms with Gasteiger partial charge in [-0.1, -0.05) is 24.3 Å². The van der Waals surface area contributed by atoms with Gasteiger partial charge in [0.1, 0.15) is 0 Å². The Morgan fingerprint density at radius 2 is 1.50 bits per heavy atom. The molecule has 0 unspecified atom stereocenters. The number of fused-ring (bicyclic) bond motifs is 2. The van der Waals surface area contributed by atoms with E-state index in [-0.39, 0.29) is 0 Å². The number of hydrogen-bond donors (Lipinski definition) is 0. The van der Waals surface area contributed by atoms with E-state index in [0.717, 1.165) is 43.2 Å². The first-order valence-corrected chi connectivity index (χ1v) is 9.90. The molecule has 0 N–H and O–H groups in total. The molecule has 2 aliphatic heterocycles. The van der Waals surface area contributed by atoms with Crippen molar-refractivity contribution in [3.63, 3.8) is 0 Å². The Labute approximate surface area is 144 Å². The van der Waals surface area contributed by atoms with E-state index >= 15 is 0 Å². The van der Waals surface area contributed by atoms with Crippen molar-refractivity contribution in [3.05, 3.63) is 35.4 Å². The van der Waals surface area contributed by atoms with Crippen molar-refractivity contribution in [2.24, 2.45) is 23.7 Å². The Morgan fingerprint density at radius 1 is 0.833 bits per heavy atom. The summed E-state index contributed by atoms with van der Waals surface area (Å²) in [6, 6.07) is 10.00. The van der Waals surface area contributed by atoms with Gasteiger partial charge in [0.25, 0.3) is 0 Å². The summed E-state index contributed by atoms with van der Waals surface area (Å²) in [7, 11) is 0. The lowest BCUT2D eigenvalue weighted by atomic mass is 9.54. The number of amides is 2. The number of hydrogen-bond acceptors (Lipinski definition) is 1. The van der Waals surface area contributed by atoms with Crippen LogP contribution in [0.1, 0.15) is 43.2 Å². The number of urea groups is 1. The predicted octanol–water partition coefficient (Wildman–Crippen LogP) is 3.67. The van der Waals surface area contributed by atoms with Crippen molar-refractivity contribution in [1.29, 1.82) is 0 Å².